The number of carbonyl (C=O) groups excluding carboxylic acids is 1. The Labute approximate surface area is 287 Å². The molecule has 2 saturated carbocycles. The molecule has 5 fully saturated rings. The lowest BCUT2D eigenvalue weighted by Gasteiger charge is -2.39. The average molecular weight is 683 g/mol. The molecule has 2 aliphatic carbocycles. The minimum atomic E-state index is -0.469. The zero-order valence-electron chi connectivity index (χ0n) is 26.5. The van der Waals surface area contributed by atoms with Gasteiger partial charge in [-0.25, -0.2) is 9.37 Å². The van der Waals surface area contributed by atoms with Crippen molar-refractivity contribution in [2.45, 2.75) is 69.6 Å². The van der Waals surface area contributed by atoms with Gasteiger partial charge in [0.2, 0.25) is 5.91 Å². The van der Waals surface area contributed by atoms with E-state index in [1.165, 1.54) is 0 Å². The van der Waals surface area contributed by atoms with Gasteiger partial charge in [0, 0.05) is 77.2 Å². The minimum absolute atomic E-state index is 0.0615. The van der Waals surface area contributed by atoms with Gasteiger partial charge in [-0.05, 0) is 74.8 Å². The van der Waals surface area contributed by atoms with Crippen LogP contribution in [-0.2, 0) is 11.2 Å². The summed E-state index contributed by atoms with van der Waals surface area (Å²) in [5, 5.41) is 20.1. The third-order valence-electron chi connectivity index (χ3n) is 11.2. The number of aromatic nitrogens is 4. The molecule has 244 valence electrons. The van der Waals surface area contributed by atoms with Gasteiger partial charge < -0.3 is 14.8 Å². The van der Waals surface area contributed by atoms with Crippen LogP contribution < -0.4 is 5.32 Å². The van der Waals surface area contributed by atoms with Crippen LogP contribution in [0.1, 0.15) is 67.2 Å². The smallest absolute Gasteiger partial charge is 0.226 e. The fraction of sp³-hybridized carbons (Fsp3) is 0.405. The molecule has 10 rings (SSSR count). The highest BCUT2D eigenvalue weighted by atomic mass is 35.5. The van der Waals surface area contributed by atoms with Crippen LogP contribution in [0.15, 0.2) is 48.8 Å². The number of pyridine rings is 1. The number of fused-ring (bicyclic) bond motifs is 4. The lowest BCUT2D eigenvalue weighted by atomic mass is 9.79. The van der Waals surface area contributed by atoms with Gasteiger partial charge in [-0.3, -0.25) is 9.48 Å². The van der Waals surface area contributed by atoms with Crippen molar-refractivity contribution < 1.29 is 9.18 Å². The van der Waals surface area contributed by atoms with Crippen molar-refractivity contribution in [3.05, 3.63) is 81.6 Å². The van der Waals surface area contributed by atoms with Crippen molar-refractivity contribution >= 4 is 50.9 Å². The molecule has 3 saturated heterocycles. The first-order chi connectivity index (χ1) is 23.3. The first-order valence-corrected chi connectivity index (χ1v) is 17.6. The Morgan fingerprint density at radius 1 is 1.17 bits per heavy atom. The highest BCUT2D eigenvalue weighted by Gasteiger charge is 2.51. The van der Waals surface area contributed by atoms with Crippen molar-refractivity contribution in [2.24, 2.45) is 11.8 Å². The number of aryl methyl sites for hydroxylation is 2. The van der Waals surface area contributed by atoms with Crippen molar-refractivity contribution in [3.8, 4) is 17.2 Å². The third kappa shape index (κ3) is 4.53. The van der Waals surface area contributed by atoms with Crippen LogP contribution in [0, 0.1) is 35.9 Å². The van der Waals surface area contributed by atoms with Gasteiger partial charge in [-0.1, -0.05) is 35.3 Å². The van der Waals surface area contributed by atoms with Crippen molar-refractivity contribution in [1.29, 1.82) is 5.26 Å². The van der Waals surface area contributed by atoms with Crippen LogP contribution in [0.2, 0.25) is 10.0 Å². The zero-order valence-corrected chi connectivity index (χ0v) is 28.0. The summed E-state index contributed by atoms with van der Waals surface area (Å²) in [6.45, 7) is 3.47. The molecule has 48 heavy (non-hydrogen) atoms. The van der Waals surface area contributed by atoms with Crippen LogP contribution in [0.25, 0.3) is 32.9 Å². The number of nitrogens with zero attached hydrogens (tertiary/aromatic N) is 6. The number of hydrogen-bond acceptors (Lipinski definition) is 5. The Morgan fingerprint density at radius 2 is 2.02 bits per heavy atom. The van der Waals surface area contributed by atoms with Gasteiger partial charge in [0.15, 0.2) is 5.82 Å². The molecule has 0 spiro atoms. The monoisotopic (exact) mass is 681 g/mol. The van der Waals surface area contributed by atoms with Crippen molar-refractivity contribution in [1.82, 2.24) is 29.5 Å². The van der Waals surface area contributed by atoms with Crippen LogP contribution in [0.4, 0.5) is 4.39 Å². The standard InChI is InChI=1S/C37H34Cl2FN7O/c1-19-25-16-30(29-15-23(46-12-4-11-43-46)18-45(29)37(48)20-8-9-20)47(35-22-14-28(35)42-17-22)36(25)26-13-21(5-3-10-41)31(33(40)34(26)44-19)24-6-2-7-27(38)32(24)39/h2,4,6-7,11-13,16,20,22-23,28-29,35,42H,3,5,8-9,14-15,17-18H2,1H3/t22-,23+,28-,29-,35+/m1/s1. The van der Waals surface area contributed by atoms with Crippen LogP contribution >= 0.6 is 23.2 Å². The van der Waals surface area contributed by atoms with E-state index in [9.17, 15) is 10.1 Å². The van der Waals surface area contributed by atoms with Gasteiger partial charge in [0.25, 0.3) is 0 Å². The summed E-state index contributed by atoms with van der Waals surface area (Å²) >= 11 is 13.1. The van der Waals surface area contributed by atoms with E-state index >= 15 is 4.39 Å². The highest BCUT2D eigenvalue weighted by molar-refractivity contribution is 6.43. The van der Waals surface area contributed by atoms with E-state index in [0.29, 0.717) is 52.0 Å². The maximum absolute atomic E-state index is 17.1. The molecule has 2 aromatic carbocycles. The summed E-state index contributed by atoms with van der Waals surface area (Å²) in [7, 11) is 0. The first-order valence-electron chi connectivity index (χ1n) is 16.8. The predicted molar refractivity (Wildman–Crippen MR) is 183 cm³/mol. The van der Waals surface area contributed by atoms with E-state index < -0.39 is 5.82 Å². The van der Waals surface area contributed by atoms with Gasteiger partial charge in [0.05, 0.1) is 39.8 Å². The fourth-order valence-corrected chi connectivity index (χ4v) is 9.08. The summed E-state index contributed by atoms with van der Waals surface area (Å²) in [4.78, 5) is 20.9. The molecular formula is C37H34Cl2FN7O. The summed E-state index contributed by atoms with van der Waals surface area (Å²) in [5.41, 5.74) is 4.52. The van der Waals surface area contributed by atoms with E-state index in [-0.39, 0.29) is 46.9 Å². The molecule has 5 aromatic rings. The number of amides is 1. The Balaban J connectivity index is 1.30. The quantitative estimate of drug-likeness (QED) is 0.190. The second-order valence-corrected chi connectivity index (χ2v) is 14.7. The number of rotatable bonds is 7. The van der Waals surface area contributed by atoms with Crippen molar-refractivity contribution in [2.75, 3.05) is 13.1 Å². The van der Waals surface area contributed by atoms with Gasteiger partial charge in [-0.15, -0.1) is 0 Å². The van der Waals surface area contributed by atoms with E-state index in [4.69, 9.17) is 28.2 Å². The largest absolute Gasteiger partial charge is 0.337 e. The van der Waals surface area contributed by atoms with Crippen LogP contribution in [0.3, 0.4) is 0 Å². The van der Waals surface area contributed by atoms with Gasteiger partial charge in [0.1, 0.15) is 5.52 Å². The number of nitrogens with one attached hydrogen (secondary N) is 1. The van der Waals surface area contributed by atoms with Gasteiger partial charge >= 0.3 is 0 Å². The lowest BCUT2D eigenvalue weighted by Crippen LogP contribution is -2.41. The molecule has 2 bridgehead atoms. The molecule has 1 amide bonds. The molecule has 5 aliphatic rings. The molecule has 0 unspecified atom stereocenters. The molecule has 0 radical (unpaired) electrons. The average Bonchev–Trinajstić information content (AvgIpc) is 3.61. The van der Waals surface area contributed by atoms with E-state index in [2.05, 4.69) is 32.0 Å². The van der Waals surface area contributed by atoms with Crippen LogP contribution in [0.5, 0.6) is 0 Å². The zero-order chi connectivity index (χ0) is 32.8. The number of halogens is 3. The summed E-state index contributed by atoms with van der Waals surface area (Å²) in [6, 6.07) is 14.0. The second kappa shape index (κ2) is 11.3. The van der Waals surface area contributed by atoms with E-state index in [1.807, 2.05) is 29.9 Å². The topological polar surface area (TPSA) is 91.8 Å². The molecule has 1 N–H and O–H groups in total. The number of benzene rings is 2. The fourth-order valence-electron chi connectivity index (χ4n) is 8.69. The normalized spacial score (nSPS) is 24.8. The van der Waals surface area contributed by atoms with Crippen LogP contribution in [-0.4, -0.2) is 49.3 Å². The summed E-state index contributed by atoms with van der Waals surface area (Å²) < 4.78 is 21.5. The molecule has 3 aliphatic heterocycles. The molecule has 8 nitrogen and oxygen atoms in total. The maximum atomic E-state index is 17.1. The Morgan fingerprint density at radius 3 is 2.73 bits per heavy atom. The Hall–Kier alpha value is -3.97. The third-order valence-corrected chi connectivity index (χ3v) is 12.0. The maximum Gasteiger partial charge on any atom is 0.226 e. The molecular weight excluding hydrogens is 648 g/mol. The molecule has 5 atom stereocenters. The molecule has 11 heteroatoms. The first kappa shape index (κ1) is 30.1. The Bertz CT molecular complexity index is 2150. The molecule has 3 aromatic heterocycles. The predicted octanol–water partition coefficient (Wildman–Crippen LogP) is 7.72. The second-order valence-electron chi connectivity index (χ2n) is 13.9. The minimum Gasteiger partial charge on any atom is -0.337 e. The van der Waals surface area contributed by atoms with E-state index in [1.54, 1.807) is 24.4 Å². The Kier molecular flexibility index (Phi) is 7.09. The SMILES string of the molecule is Cc1nc2c(F)c(-c3cccc(Cl)c3Cl)c(CCC#N)cc2c2c1cc([C@H]1C[C@H](n3cccn3)CN1C(=O)C1CC1)n2[C@H]1[C@H]2CN[C@@H]1C2. The number of carbonyl (C=O) groups is 1. The number of nitriles is 1. The number of hydrogen-bond donors (Lipinski definition) is 1. The summed E-state index contributed by atoms with van der Waals surface area (Å²) in [6.07, 6.45) is 8.05. The van der Waals surface area contributed by atoms with Gasteiger partial charge in [-0.2, -0.15) is 10.4 Å². The lowest BCUT2D eigenvalue weighted by molar-refractivity contribution is -0.133. The van der Waals surface area contributed by atoms with E-state index in [0.717, 1.165) is 54.5 Å². The van der Waals surface area contributed by atoms with Crippen molar-refractivity contribution in [3.63, 3.8) is 0 Å². The highest BCUT2D eigenvalue weighted by Crippen LogP contribution is 2.52. The number of likely N-dealkylation sites (tertiary alicyclic amines) is 1. The summed E-state index contributed by atoms with van der Waals surface area (Å²) in [5.74, 6) is 0.273. The molecule has 6 heterocycles.